The third-order valence-electron chi connectivity index (χ3n) is 11.2. The molecule has 39 heavy (non-hydrogen) atoms. The van der Waals surface area contributed by atoms with Gasteiger partial charge in [-0.05, 0) is 69.1 Å². The molecule has 0 aromatic rings. The largest absolute Gasteiger partial charge is 0.458 e. The first-order valence-corrected chi connectivity index (χ1v) is 16.1. The Morgan fingerprint density at radius 1 is 0.923 bits per heavy atom. The minimum absolute atomic E-state index is 0.175. The standard InChI is InChI=1S/C33H52N2O4/c1-4-21-38-24-28(34-19-11-12-20-34)23-30(36)39-29-22-25-17-18-33(29,32(25,2)3)31(37)35(26-13-7-5-8-14-26)27-15-9-6-10-16-27/h4,23,25-27,29H,1,5-22,24H2,2-3H3/b28-23+/t25-,29-,33+/m1/s1. The lowest BCUT2D eigenvalue weighted by Crippen LogP contribution is -2.59. The molecule has 1 saturated heterocycles. The van der Waals surface area contributed by atoms with Crippen LogP contribution in [-0.4, -0.2) is 66.2 Å². The van der Waals surface area contributed by atoms with Crippen LogP contribution in [0.3, 0.4) is 0 Å². The molecule has 0 aromatic carbocycles. The molecular weight excluding hydrogens is 488 g/mol. The van der Waals surface area contributed by atoms with Gasteiger partial charge in [0.2, 0.25) is 5.91 Å². The van der Waals surface area contributed by atoms with Gasteiger partial charge in [0.05, 0.1) is 18.6 Å². The number of likely N-dealkylation sites (tertiary alicyclic amines) is 1. The Balaban J connectivity index is 1.40. The maximum absolute atomic E-state index is 15.0. The van der Waals surface area contributed by atoms with Crippen LogP contribution >= 0.6 is 0 Å². The van der Waals surface area contributed by atoms with Crippen LogP contribution < -0.4 is 0 Å². The maximum atomic E-state index is 15.0. The molecule has 6 heteroatoms. The Morgan fingerprint density at radius 2 is 1.54 bits per heavy atom. The summed E-state index contributed by atoms with van der Waals surface area (Å²) >= 11 is 0. The van der Waals surface area contributed by atoms with Gasteiger partial charge in [-0.1, -0.05) is 58.4 Å². The van der Waals surface area contributed by atoms with E-state index in [9.17, 15) is 4.79 Å². The number of carbonyl (C=O) groups is 2. The van der Waals surface area contributed by atoms with Crippen LogP contribution in [0.1, 0.15) is 110 Å². The predicted octanol–water partition coefficient (Wildman–Crippen LogP) is 6.40. The zero-order valence-electron chi connectivity index (χ0n) is 24.6. The van der Waals surface area contributed by atoms with E-state index >= 15 is 4.79 Å². The van der Waals surface area contributed by atoms with Gasteiger partial charge in [0.25, 0.3) is 0 Å². The first-order chi connectivity index (χ1) is 18.9. The number of carbonyl (C=O) groups excluding carboxylic acids is 2. The molecule has 218 valence electrons. The van der Waals surface area contributed by atoms with E-state index in [0.29, 0.717) is 37.1 Å². The minimum Gasteiger partial charge on any atom is -0.458 e. The van der Waals surface area contributed by atoms with Crippen LogP contribution in [0.5, 0.6) is 0 Å². The molecule has 2 bridgehead atoms. The lowest BCUT2D eigenvalue weighted by Gasteiger charge is -2.49. The number of hydrogen-bond donors (Lipinski definition) is 0. The average Bonchev–Trinajstić information content (AvgIpc) is 3.62. The highest BCUT2D eigenvalue weighted by molar-refractivity contribution is 5.88. The number of esters is 1. The molecule has 3 atom stereocenters. The number of nitrogens with zero attached hydrogens (tertiary/aromatic N) is 2. The summed E-state index contributed by atoms with van der Waals surface area (Å²) in [5, 5.41) is 0. The van der Waals surface area contributed by atoms with Gasteiger partial charge in [-0.2, -0.15) is 0 Å². The first kappa shape index (κ1) is 28.7. The van der Waals surface area contributed by atoms with Crippen LogP contribution in [0.2, 0.25) is 0 Å². The van der Waals surface area contributed by atoms with Gasteiger partial charge in [-0.25, -0.2) is 4.79 Å². The molecule has 0 unspecified atom stereocenters. The third kappa shape index (κ3) is 5.56. The summed E-state index contributed by atoms with van der Waals surface area (Å²) in [6.07, 6.45) is 19.9. The highest BCUT2D eigenvalue weighted by Crippen LogP contribution is 2.67. The molecule has 0 aromatic heterocycles. The molecule has 6 nitrogen and oxygen atoms in total. The zero-order valence-corrected chi connectivity index (χ0v) is 24.6. The summed E-state index contributed by atoms with van der Waals surface area (Å²) in [4.78, 5) is 33.1. The molecule has 1 aliphatic heterocycles. The molecule has 5 rings (SSSR count). The van der Waals surface area contributed by atoms with Crippen molar-refractivity contribution in [1.29, 1.82) is 0 Å². The zero-order chi connectivity index (χ0) is 27.5. The van der Waals surface area contributed by atoms with Gasteiger partial charge in [-0.3, -0.25) is 4.79 Å². The van der Waals surface area contributed by atoms with E-state index in [1.807, 2.05) is 0 Å². The lowest BCUT2D eigenvalue weighted by molar-refractivity contribution is -0.170. The first-order valence-electron chi connectivity index (χ1n) is 16.1. The van der Waals surface area contributed by atoms with Crippen molar-refractivity contribution in [3.05, 3.63) is 24.4 Å². The van der Waals surface area contributed by atoms with Crippen molar-refractivity contribution < 1.29 is 19.1 Å². The van der Waals surface area contributed by atoms with Crippen LogP contribution in [0.4, 0.5) is 0 Å². The van der Waals surface area contributed by atoms with Crippen molar-refractivity contribution in [2.24, 2.45) is 16.7 Å². The monoisotopic (exact) mass is 540 g/mol. The fourth-order valence-corrected chi connectivity index (χ4v) is 8.93. The lowest BCUT2D eigenvalue weighted by atomic mass is 9.66. The van der Waals surface area contributed by atoms with Gasteiger partial charge in [0.1, 0.15) is 6.10 Å². The van der Waals surface area contributed by atoms with Crippen molar-refractivity contribution in [2.75, 3.05) is 26.3 Å². The van der Waals surface area contributed by atoms with Crippen molar-refractivity contribution in [1.82, 2.24) is 9.80 Å². The molecule has 5 fully saturated rings. The second kappa shape index (κ2) is 12.4. The molecular formula is C33H52N2O4. The Bertz CT molecular complexity index is 893. The second-order valence-corrected chi connectivity index (χ2v) is 13.5. The summed E-state index contributed by atoms with van der Waals surface area (Å²) in [5.41, 5.74) is 0.0853. The summed E-state index contributed by atoms with van der Waals surface area (Å²) in [6.45, 7) is 11.0. The molecule has 1 heterocycles. The average molecular weight is 541 g/mol. The highest BCUT2D eigenvalue weighted by atomic mass is 16.5. The Kier molecular flexibility index (Phi) is 9.10. The SMILES string of the molecule is C=CCOC/C(=C\C(=O)O[C@@H]1C[C@H]2CC[C@]1(C(=O)N(C1CCCCC1)C1CCCCC1)C2(C)C)N1CCCC1. The van der Waals surface area contributed by atoms with Crippen molar-refractivity contribution in [2.45, 2.75) is 128 Å². The summed E-state index contributed by atoms with van der Waals surface area (Å²) < 4.78 is 12.1. The van der Waals surface area contributed by atoms with Gasteiger partial charge in [-0.15, -0.1) is 6.58 Å². The van der Waals surface area contributed by atoms with E-state index in [0.717, 1.165) is 76.6 Å². The van der Waals surface area contributed by atoms with Crippen LogP contribution in [-0.2, 0) is 19.1 Å². The second-order valence-electron chi connectivity index (χ2n) is 13.5. The molecule has 1 amide bonds. The van der Waals surface area contributed by atoms with Crippen LogP contribution in [0, 0.1) is 16.7 Å². The van der Waals surface area contributed by atoms with E-state index in [2.05, 4.69) is 30.2 Å². The number of fused-ring (bicyclic) bond motifs is 2. The molecule has 5 aliphatic rings. The molecule has 4 saturated carbocycles. The van der Waals surface area contributed by atoms with Crippen molar-refractivity contribution in [3.8, 4) is 0 Å². The maximum Gasteiger partial charge on any atom is 0.332 e. The summed E-state index contributed by atoms with van der Waals surface area (Å²) in [7, 11) is 0. The number of hydrogen-bond acceptors (Lipinski definition) is 5. The Hall–Kier alpha value is -1.82. The number of amides is 1. The van der Waals surface area contributed by atoms with Crippen LogP contribution in [0.15, 0.2) is 24.4 Å². The van der Waals surface area contributed by atoms with E-state index in [-0.39, 0.29) is 17.5 Å². The van der Waals surface area contributed by atoms with Crippen molar-refractivity contribution in [3.63, 3.8) is 0 Å². The summed E-state index contributed by atoms with van der Waals surface area (Å²) in [6, 6.07) is 0.693. The Labute approximate surface area is 236 Å². The highest BCUT2D eigenvalue weighted by Gasteiger charge is 2.70. The quantitative estimate of drug-likeness (QED) is 0.139. The van der Waals surface area contributed by atoms with Gasteiger partial charge in [0, 0.05) is 36.9 Å². The van der Waals surface area contributed by atoms with Gasteiger partial charge >= 0.3 is 5.97 Å². The Morgan fingerprint density at radius 3 is 2.10 bits per heavy atom. The van der Waals surface area contributed by atoms with E-state index < -0.39 is 5.41 Å². The van der Waals surface area contributed by atoms with E-state index in [4.69, 9.17) is 9.47 Å². The molecule has 0 radical (unpaired) electrons. The molecule has 0 spiro atoms. The fraction of sp³-hybridized carbons (Fsp3) is 0.818. The third-order valence-corrected chi connectivity index (χ3v) is 11.2. The molecule has 0 N–H and O–H groups in total. The van der Waals surface area contributed by atoms with Crippen molar-refractivity contribution >= 4 is 11.9 Å². The number of ether oxygens (including phenoxy) is 2. The van der Waals surface area contributed by atoms with Crippen LogP contribution in [0.25, 0.3) is 0 Å². The van der Waals surface area contributed by atoms with Gasteiger partial charge < -0.3 is 19.3 Å². The van der Waals surface area contributed by atoms with Gasteiger partial charge in [0.15, 0.2) is 0 Å². The topological polar surface area (TPSA) is 59.1 Å². The predicted molar refractivity (Wildman–Crippen MR) is 154 cm³/mol. The normalized spacial score (nSPS) is 31.4. The smallest absolute Gasteiger partial charge is 0.332 e. The van der Waals surface area contributed by atoms with E-state index in [1.165, 1.54) is 38.5 Å². The van der Waals surface area contributed by atoms with E-state index in [1.54, 1.807) is 12.2 Å². The minimum atomic E-state index is -0.622. The fourth-order valence-electron chi connectivity index (χ4n) is 8.93. The summed E-state index contributed by atoms with van der Waals surface area (Å²) in [5.74, 6) is 0.403. The molecule has 4 aliphatic carbocycles. The number of rotatable bonds is 10.